The van der Waals surface area contributed by atoms with E-state index in [2.05, 4.69) is 0 Å². The van der Waals surface area contributed by atoms with Gasteiger partial charge in [0.25, 0.3) is 0 Å². The Labute approximate surface area is 93.2 Å². The van der Waals surface area contributed by atoms with Crippen LogP contribution in [0.4, 0.5) is 0 Å². The molecule has 0 atom stereocenters. The van der Waals surface area contributed by atoms with Crippen molar-refractivity contribution in [2.24, 2.45) is 0 Å². The van der Waals surface area contributed by atoms with Gasteiger partial charge in [-0.3, -0.25) is 4.79 Å². The molecule has 0 aromatic heterocycles. The van der Waals surface area contributed by atoms with Crippen molar-refractivity contribution in [3.63, 3.8) is 0 Å². The number of hydrogen-bond acceptors (Lipinski definition) is 3. The van der Waals surface area contributed by atoms with Gasteiger partial charge in [-0.25, -0.2) is 0 Å². The van der Waals surface area contributed by atoms with Gasteiger partial charge in [0.15, 0.2) is 5.78 Å². The van der Waals surface area contributed by atoms with Gasteiger partial charge < -0.3 is 4.74 Å². The Kier molecular flexibility index (Phi) is 3.70. The first-order chi connectivity index (χ1) is 7.10. The minimum atomic E-state index is -0.223. The van der Waals surface area contributed by atoms with Gasteiger partial charge in [0.2, 0.25) is 0 Å². The summed E-state index contributed by atoms with van der Waals surface area (Å²) in [4.78, 5) is 11.2. The maximum Gasteiger partial charge on any atom is 0.162 e. The van der Waals surface area contributed by atoms with Crippen LogP contribution in [0.25, 0.3) is 0 Å². The number of hydrogen-bond donors (Lipinski definition) is 0. The highest BCUT2D eigenvalue weighted by molar-refractivity contribution is 6.34. The number of nitriles is 1. The Bertz CT molecular complexity index is 435. The molecule has 0 bridgehead atoms. The predicted octanol–water partition coefficient (Wildman–Crippen LogP) is 2.81. The van der Waals surface area contributed by atoms with Gasteiger partial charge in [-0.05, 0) is 26.0 Å². The number of carbonyl (C=O) groups excluding carboxylic acids is 1. The third kappa shape index (κ3) is 2.48. The molecule has 1 rings (SSSR count). The normalized spacial score (nSPS) is 9.47. The number of Topliss-reactive ketones (excluding diaryl/α,β-unsaturated/α-hetero) is 1. The van der Waals surface area contributed by atoms with Crippen LogP contribution in [-0.4, -0.2) is 12.4 Å². The highest BCUT2D eigenvalue weighted by atomic mass is 35.5. The number of ketones is 1. The van der Waals surface area contributed by atoms with Crippen LogP contribution >= 0.6 is 11.6 Å². The van der Waals surface area contributed by atoms with Crippen LogP contribution in [0, 0.1) is 11.3 Å². The second kappa shape index (κ2) is 4.81. The average molecular weight is 224 g/mol. The predicted molar refractivity (Wildman–Crippen MR) is 57.3 cm³/mol. The Hall–Kier alpha value is -1.53. The lowest BCUT2D eigenvalue weighted by Crippen LogP contribution is -2.00. The van der Waals surface area contributed by atoms with E-state index in [9.17, 15) is 4.79 Å². The standard InChI is InChI=1S/C11H10ClNO2/c1-3-15-9-4-8(6-13)11(7(2)14)10(12)5-9/h4-5H,3H2,1-2H3. The summed E-state index contributed by atoms with van der Waals surface area (Å²) in [6.07, 6.45) is 0. The zero-order valence-electron chi connectivity index (χ0n) is 8.50. The number of benzene rings is 1. The Morgan fingerprint density at radius 1 is 1.60 bits per heavy atom. The molecule has 0 aliphatic heterocycles. The van der Waals surface area contributed by atoms with Crippen LogP contribution in [-0.2, 0) is 0 Å². The second-order valence-corrected chi connectivity index (χ2v) is 3.34. The molecule has 15 heavy (non-hydrogen) atoms. The first-order valence-electron chi connectivity index (χ1n) is 4.47. The lowest BCUT2D eigenvalue weighted by molar-refractivity contribution is 0.101. The van der Waals surface area contributed by atoms with Gasteiger partial charge >= 0.3 is 0 Å². The maximum atomic E-state index is 11.2. The van der Waals surface area contributed by atoms with Crippen LogP contribution in [0.15, 0.2) is 12.1 Å². The quantitative estimate of drug-likeness (QED) is 0.741. The minimum Gasteiger partial charge on any atom is -0.494 e. The molecule has 0 radical (unpaired) electrons. The van der Waals surface area contributed by atoms with E-state index in [1.54, 1.807) is 6.07 Å². The van der Waals surface area contributed by atoms with Crippen LogP contribution in [0.3, 0.4) is 0 Å². The van der Waals surface area contributed by atoms with Gasteiger partial charge in [0.05, 0.1) is 22.8 Å². The summed E-state index contributed by atoms with van der Waals surface area (Å²) in [5.41, 5.74) is 0.501. The van der Waals surface area contributed by atoms with Crippen LogP contribution in [0.2, 0.25) is 5.02 Å². The highest BCUT2D eigenvalue weighted by Crippen LogP contribution is 2.26. The second-order valence-electron chi connectivity index (χ2n) is 2.93. The summed E-state index contributed by atoms with van der Waals surface area (Å²) < 4.78 is 5.22. The van der Waals surface area contributed by atoms with E-state index in [0.29, 0.717) is 12.4 Å². The summed E-state index contributed by atoms with van der Waals surface area (Å²) >= 11 is 5.89. The molecule has 0 saturated carbocycles. The fraction of sp³-hybridized carbons (Fsp3) is 0.273. The molecule has 0 amide bonds. The topological polar surface area (TPSA) is 50.1 Å². The molecule has 0 unspecified atom stereocenters. The third-order valence-corrected chi connectivity index (χ3v) is 2.15. The van der Waals surface area contributed by atoms with E-state index in [-0.39, 0.29) is 21.9 Å². The zero-order valence-corrected chi connectivity index (χ0v) is 9.26. The summed E-state index contributed by atoms with van der Waals surface area (Å²) in [6, 6.07) is 5.00. The first kappa shape index (κ1) is 11.5. The van der Waals surface area contributed by atoms with Gasteiger partial charge in [-0.1, -0.05) is 11.6 Å². The lowest BCUT2D eigenvalue weighted by atomic mass is 10.0. The molecular weight excluding hydrogens is 214 g/mol. The number of halogens is 1. The van der Waals surface area contributed by atoms with Gasteiger partial charge in [-0.15, -0.1) is 0 Å². The summed E-state index contributed by atoms with van der Waals surface area (Å²) in [6.45, 7) is 3.70. The number of nitrogens with zero attached hydrogens (tertiary/aromatic N) is 1. The van der Waals surface area contributed by atoms with E-state index in [1.807, 2.05) is 13.0 Å². The molecule has 0 aliphatic rings. The molecule has 0 saturated heterocycles. The molecule has 1 aromatic carbocycles. The first-order valence-corrected chi connectivity index (χ1v) is 4.85. The molecule has 0 N–H and O–H groups in total. The number of ether oxygens (including phenoxy) is 1. The monoisotopic (exact) mass is 223 g/mol. The van der Waals surface area contributed by atoms with Crippen molar-refractivity contribution in [1.82, 2.24) is 0 Å². The molecule has 78 valence electrons. The van der Waals surface area contributed by atoms with Crippen molar-refractivity contribution in [2.75, 3.05) is 6.61 Å². The number of carbonyl (C=O) groups is 1. The van der Waals surface area contributed by atoms with Crippen molar-refractivity contribution in [3.05, 3.63) is 28.3 Å². The molecule has 0 spiro atoms. The Balaban J connectivity index is 3.32. The van der Waals surface area contributed by atoms with E-state index in [0.717, 1.165) is 0 Å². The smallest absolute Gasteiger partial charge is 0.162 e. The molecule has 1 aromatic rings. The maximum absolute atomic E-state index is 11.2. The molecule has 0 aliphatic carbocycles. The summed E-state index contributed by atoms with van der Waals surface area (Å²) in [5.74, 6) is 0.281. The van der Waals surface area contributed by atoms with Crippen molar-refractivity contribution in [3.8, 4) is 11.8 Å². The third-order valence-electron chi connectivity index (χ3n) is 1.85. The van der Waals surface area contributed by atoms with Crippen LogP contribution < -0.4 is 4.74 Å². The van der Waals surface area contributed by atoms with E-state index >= 15 is 0 Å². The van der Waals surface area contributed by atoms with Gasteiger partial charge in [-0.2, -0.15) is 5.26 Å². The van der Waals surface area contributed by atoms with Crippen molar-refractivity contribution >= 4 is 17.4 Å². The van der Waals surface area contributed by atoms with E-state index in [4.69, 9.17) is 21.6 Å². The summed E-state index contributed by atoms with van der Waals surface area (Å²) in [5, 5.41) is 9.12. The van der Waals surface area contributed by atoms with Crippen molar-refractivity contribution in [2.45, 2.75) is 13.8 Å². The lowest BCUT2D eigenvalue weighted by Gasteiger charge is -2.07. The average Bonchev–Trinajstić information content (AvgIpc) is 2.16. The number of rotatable bonds is 3. The van der Waals surface area contributed by atoms with Gasteiger partial charge in [0.1, 0.15) is 11.8 Å². The van der Waals surface area contributed by atoms with Crippen LogP contribution in [0.1, 0.15) is 29.8 Å². The highest BCUT2D eigenvalue weighted by Gasteiger charge is 2.13. The Morgan fingerprint density at radius 3 is 2.73 bits per heavy atom. The molecule has 0 heterocycles. The fourth-order valence-electron chi connectivity index (χ4n) is 1.28. The van der Waals surface area contributed by atoms with Crippen LogP contribution in [0.5, 0.6) is 5.75 Å². The van der Waals surface area contributed by atoms with Gasteiger partial charge in [0, 0.05) is 0 Å². The molecule has 0 fully saturated rings. The zero-order chi connectivity index (χ0) is 11.4. The van der Waals surface area contributed by atoms with Crippen molar-refractivity contribution in [1.29, 1.82) is 5.26 Å². The molecule has 4 heteroatoms. The van der Waals surface area contributed by atoms with Crippen molar-refractivity contribution < 1.29 is 9.53 Å². The fourth-order valence-corrected chi connectivity index (χ4v) is 1.62. The Morgan fingerprint density at radius 2 is 2.27 bits per heavy atom. The molecular formula is C11H10ClNO2. The minimum absolute atomic E-state index is 0.223. The van der Waals surface area contributed by atoms with E-state index < -0.39 is 0 Å². The molecule has 3 nitrogen and oxygen atoms in total. The summed E-state index contributed by atoms with van der Waals surface area (Å²) in [7, 11) is 0. The van der Waals surface area contributed by atoms with E-state index in [1.165, 1.54) is 13.0 Å². The SMILES string of the molecule is CCOc1cc(Cl)c(C(C)=O)c(C#N)c1. The largest absolute Gasteiger partial charge is 0.494 e.